The van der Waals surface area contributed by atoms with Crippen molar-refractivity contribution in [2.24, 2.45) is 11.8 Å². The van der Waals surface area contributed by atoms with Crippen LogP contribution in [0.3, 0.4) is 0 Å². The highest BCUT2D eigenvalue weighted by Crippen LogP contribution is 2.26. The van der Waals surface area contributed by atoms with Crippen molar-refractivity contribution in [2.45, 2.75) is 33.1 Å². The molecule has 0 radical (unpaired) electrons. The molecule has 0 spiro atoms. The van der Waals surface area contributed by atoms with Gasteiger partial charge in [-0.1, -0.05) is 13.8 Å². The minimum absolute atomic E-state index is 0.0887. The molecule has 0 aromatic rings. The Kier molecular flexibility index (Phi) is 3.51. The van der Waals surface area contributed by atoms with E-state index in [1.807, 2.05) is 4.81 Å². The molecule has 0 bridgehead atoms. The SMILES string of the molecule is CB(O)N1C[C@H](C=O)C(C)C[C@@H]1C. The predicted octanol–water partition coefficient (Wildman–Crippen LogP) is 0.642. The molecule has 0 aromatic heterocycles. The zero-order chi connectivity index (χ0) is 10.0. The minimum Gasteiger partial charge on any atom is -0.437 e. The van der Waals surface area contributed by atoms with Crippen molar-refractivity contribution in [1.82, 2.24) is 4.81 Å². The Morgan fingerprint density at radius 2 is 2.15 bits per heavy atom. The third-order valence-corrected chi connectivity index (χ3v) is 3.09. The van der Waals surface area contributed by atoms with Crippen LogP contribution in [0.1, 0.15) is 20.3 Å². The van der Waals surface area contributed by atoms with Crippen LogP contribution in [0, 0.1) is 11.8 Å². The van der Waals surface area contributed by atoms with Gasteiger partial charge in [0.25, 0.3) is 0 Å². The van der Waals surface area contributed by atoms with E-state index in [-0.39, 0.29) is 5.92 Å². The van der Waals surface area contributed by atoms with Gasteiger partial charge >= 0.3 is 7.05 Å². The standard InChI is InChI=1S/C9H18BNO2/c1-7-4-8(2)11(10(3)13)5-9(7)6-12/h6-9,13H,4-5H2,1-3H3/t7?,8-,9+/m0/s1. The number of hydrogen-bond acceptors (Lipinski definition) is 3. The van der Waals surface area contributed by atoms with Gasteiger partial charge in [0.15, 0.2) is 0 Å². The lowest BCUT2D eigenvalue weighted by atomic mass is 9.75. The number of carbonyl (C=O) groups excluding carboxylic acids is 1. The Labute approximate surface area is 80.2 Å². The van der Waals surface area contributed by atoms with Gasteiger partial charge in [-0.15, -0.1) is 0 Å². The lowest BCUT2D eigenvalue weighted by molar-refractivity contribution is -0.114. The number of aldehydes is 1. The van der Waals surface area contributed by atoms with E-state index in [0.717, 1.165) is 12.7 Å². The van der Waals surface area contributed by atoms with Crippen LogP contribution < -0.4 is 0 Å². The molecule has 1 unspecified atom stereocenters. The van der Waals surface area contributed by atoms with E-state index in [1.165, 1.54) is 0 Å². The molecular formula is C9H18BNO2. The first kappa shape index (κ1) is 10.7. The quantitative estimate of drug-likeness (QED) is 0.504. The van der Waals surface area contributed by atoms with Crippen LogP contribution in [0.25, 0.3) is 0 Å². The highest BCUT2D eigenvalue weighted by molar-refractivity contribution is 6.45. The third kappa shape index (κ3) is 2.32. The van der Waals surface area contributed by atoms with E-state index < -0.39 is 7.05 Å². The fourth-order valence-corrected chi connectivity index (χ4v) is 2.15. The van der Waals surface area contributed by atoms with Gasteiger partial charge in [0.2, 0.25) is 0 Å². The molecule has 0 saturated carbocycles. The van der Waals surface area contributed by atoms with Crippen LogP contribution in [-0.2, 0) is 4.79 Å². The number of rotatable bonds is 2. The second-order valence-electron chi connectivity index (χ2n) is 4.19. The van der Waals surface area contributed by atoms with Crippen molar-refractivity contribution in [3.05, 3.63) is 0 Å². The molecule has 0 amide bonds. The van der Waals surface area contributed by atoms with Crippen LogP contribution in [0.15, 0.2) is 0 Å². The van der Waals surface area contributed by atoms with Crippen LogP contribution in [0.2, 0.25) is 6.82 Å². The van der Waals surface area contributed by atoms with Crippen LogP contribution in [0.5, 0.6) is 0 Å². The monoisotopic (exact) mass is 183 g/mol. The maximum Gasteiger partial charge on any atom is 0.376 e. The third-order valence-electron chi connectivity index (χ3n) is 3.09. The second-order valence-corrected chi connectivity index (χ2v) is 4.19. The molecule has 13 heavy (non-hydrogen) atoms. The van der Waals surface area contributed by atoms with Gasteiger partial charge in [0.1, 0.15) is 6.29 Å². The van der Waals surface area contributed by atoms with Crippen LogP contribution in [-0.4, -0.2) is 35.8 Å². The van der Waals surface area contributed by atoms with E-state index in [4.69, 9.17) is 0 Å². The average molecular weight is 183 g/mol. The summed E-state index contributed by atoms with van der Waals surface area (Å²) in [6.45, 7) is 6.66. The Morgan fingerprint density at radius 1 is 1.54 bits per heavy atom. The summed E-state index contributed by atoms with van der Waals surface area (Å²) in [5, 5.41) is 9.46. The minimum atomic E-state index is -0.440. The average Bonchev–Trinajstić information content (AvgIpc) is 2.03. The molecule has 1 aliphatic heterocycles. The van der Waals surface area contributed by atoms with Gasteiger partial charge in [-0.25, -0.2) is 0 Å². The Bertz CT molecular complexity index is 186. The number of carbonyl (C=O) groups is 1. The number of hydrogen-bond donors (Lipinski definition) is 1. The van der Waals surface area contributed by atoms with Gasteiger partial charge in [-0.3, -0.25) is 0 Å². The molecule has 1 fully saturated rings. The van der Waals surface area contributed by atoms with Crippen molar-refractivity contribution >= 4 is 13.3 Å². The topological polar surface area (TPSA) is 40.5 Å². The molecule has 0 aliphatic carbocycles. The van der Waals surface area contributed by atoms with Gasteiger partial charge in [-0.05, 0) is 31.7 Å². The van der Waals surface area contributed by atoms with Crippen molar-refractivity contribution in [3.8, 4) is 0 Å². The Balaban J connectivity index is 2.63. The van der Waals surface area contributed by atoms with Gasteiger partial charge in [-0.2, -0.15) is 0 Å². The molecular weight excluding hydrogens is 165 g/mol. The first-order chi connectivity index (χ1) is 6.06. The summed E-state index contributed by atoms with van der Waals surface area (Å²) in [5.74, 6) is 0.535. The Morgan fingerprint density at radius 3 is 2.62 bits per heavy atom. The summed E-state index contributed by atoms with van der Waals surface area (Å²) in [7, 11) is -0.440. The van der Waals surface area contributed by atoms with Crippen molar-refractivity contribution in [1.29, 1.82) is 0 Å². The summed E-state index contributed by atoms with van der Waals surface area (Å²) < 4.78 is 0. The van der Waals surface area contributed by atoms with Crippen LogP contribution in [0.4, 0.5) is 0 Å². The fraction of sp³-hybridized carbons (Fsp3) is 0.889. The van der Waals surface area contributed by atoms with Crippen molar-refractivity contribution in [2.75, 3.05) is 6.54 Å². The van der Waals surface area contributed by atoms with Gasteiger partial charge in [0.05, 0.1) is 0 Å². The first-order valence-corrected chi connectivity index (χ1v) is 4.95. The number of piperidine rings is 1. The molecule has 3 atom stereocenters. The molecule has 1 rings (SSSR count). The second kappa shape index (κ2) is 4.25. The van der Waals surface area contributed by atoms with Crippen LogP contribution >= 0.6 is 0 Å². The van der Waals surface area contributed by atoms with E-state index in [2.05, 4.69) is 13.8 Å². The molecule has 0 aromatic carbocycles. The molecule has 1 N–H and O–H groups in total. The van der Waals surface area contributed by atoms with Crippen molar-refractivity contribution in [3.63, 3.8) is 0 Å². The normalized spacial score (nSPS) is 35.8. The maximum absolute atomic E-state index is 10.7. The lowest BCUT2D eigenvalue weighted by Crippen LogP contribution is -2.52. The molecule has 1 saturated heterocycles. The summed E-state index contributed by atoms with van der Waals surface area (Å²) in [4.78, 5) is 12.7. The number of nitrogens with zero attached hydrogens (tertiary/aromatic N) is 1. The fourth-order valence-electron chi connectivity index (χ4n) is 2.15. The largest absolute Gasteiger partial charge is 0.437 e. The van der Waals surface area contributed by atoms with Gasteiger partial charge < -0.3 is 14.6 Å². The zero-order valence-corrected chi connectivity index (χ0v) is 8.60. The predicted molar refractivity (Wildman–Crippen MR) is 53.3 cm³/mol. The van der Waals surface area contributed by atoms with Crippen molar-refractivity contribution < 1.29 is 9.82 Å². The smallest absolute Gasteiger partial charge is 0.376 e. The summed E-state index contributed by atoms with van der Waals surface area (Å²) in [6, 6.07) is 0.381. The molecule has 1 aliphatic rings. The summed E-state index contributed by atoms with van der Waals surface area (Å²) in [5.41, 5.74) is 0. The summed E-state index contributed by atoms with van der Waals surface area (Å²) >= 11 is 0. The van der Waals surface area contributed by atoms with E-state index in [0.29, 0.717) is 18.5 Å². The maximum atomic E-state index is 10.7. The molecule has 74 valence electrons. The first-order valence-electron chi connectivity index (χ1n) is 4.95. The van der Waals surface area contributed by atoms with E-state index >= 15 is 0 Å². The Hall–Kier alpha value is -0.345. The summed E-state index contributed by atoms with van der Waals surface area (Å²) in [6.07, 6.45) is 2.01. The highest BCUT2D eigenvalue weighted by Gasteiger charge is 2.33. The molecule has 4 heteroatoms. The van der Waals surface area contributed by atoms with Gasteiger partial charge in [0, 0.05) is 5.92 Å². The van der Waals surface area contributed by atoms with E-state index in [9.17, 15) is 9.82 Å². The lowest BCUT2D eigenvalue weighted by Gasteiger charge is -2.40. The van der Waals surface area contributed by atoms with E-state index in [1.54, 1.807) is 6.82 Å². The molecule has 3 nitrogen and oxygen atoms in total. The zero-order valence-electron chi connectivity index (χ0n) is 8.60. The molecule has 1 heterocycles. The highest BCUT2D eigenvalue weighted by atomic mass is 16.2.